The van der Waals surface area contributed by atoms with Crippen LogP contribution in [-0.4, -0.2) is 14.1 Å². The minimum Gasteiger partial charge on any atom is -0.352 e. The first-order valence-electron chi connectivity index (χ1n) is 6.63. The van der Waals surface area contributed by atoms with Crippen molar-refractivity contribution < 1.29 is 0 Å². The summed E-state index contributed by atoms with van der Waals surface area (Å²) in [6, 6.07) is 2.39. The number of hydrogen-bond acceptors (Lipinski definition) is 2. The van der Waals surface area contributed by atoms with Crippen LogP contribution in [-0.2, 0) is 13.1 Å². The zero-order chi connectivity index (χ0) is 12.5. The van der Waals surface area contributed by atoms with Crippen molar-refractivity contribution in [3.63, 3.8) is 0 Å². The van der Waals surface area contributed by atoms with Gasteiger partial charge in [0.2, 0.25) is 0 Å². The van der Waals surface area contributed by atoms with E-state index in [1.54, 1.807) is 0 Å². The van der Waals surface area contributed by atoms with E-state index in [2.05, 4.69) is 32.6 Å². The predicted molar refractivity (Wildman–Crippen MR) is 71.0 cm³/mol. The van der Waals surface area contributed by atoms with Crippen LogP contribution in [0.15, 0.2) is 30.9 Å². The van der Waals surface area contributed by atoms with Crippen LogP contribution in [0.1, 0.15) is 30.3 Å². The molecule has 0 aromatic carbocycles. The molecule has 2 N–H and O–H groups in total. The Morgan fingerprint density at radius 1 is 1.39 bits per heavy atom. The van der Waals surface area contributed by atoms with Crippen molar-refractivity contribution in [2.45, 2.75) is 38.9 Å². The zero-order valence-corrected chi connectivity index (χ0v) is 10.8. The second-order valence-electron chi connectivity index (χ2n) is 5.21. The Morgan fingerprint density at radius 3 is 2.89 bits per heavy atom. The normalized spacial score (nSPS) is 17.0. The molecule has 1 fully saturated rings. The van der Waals surface area contributed by atoms with E-state index in [-0.39, 0.29) is 6.04 Å². The van der Waals surface area contributed by atoms with Gasteiger partial charge in [0, 0.05) is 43.9 Å². The van der Waals surface area contributed by atoms with E-state index in [0.717, 1.165) is 24.8 Å². The van der Waals surface area contributed by atoms with Gasteiger partial charge in [0.15, 0.2) is 0 Å². The van der Waals surface area contributed by atoms with E-state index >= 15 is 0 Å². The molecular formula is C14H20N4. The molecule has 1 aliphatic rings. The molecule has 0 amide bonds. The van der Waals surface area contributed by atoms with Crippen molar-refractivity contribution in [3.8, 4) is 0 Å². The molecule has 0 bridgehead atoms. The Kier molecular flexibility index (Phi) is 2.96. The van der Waals surface area contributed by atoms with Crippen molar-refractivity contribution in [1.29, 1.82) is 0 Å². The first-order chi connectivity index (χ1) is 8.74. The SMILES string of the molecule is Cc1nccn1CCn1ccc(C(N)C2CC2)c1. The molecule has 0 radical (unpaired) electrons. The fourth-order valence-corrected chi connectivity index (χ4v) is 2.39. The highest BCUT2D eigenvalue weighted by atomic mass is 15.1. The maximum atomic E-state index is 6.20. The average Bonchev–Trinajstić information content (AvgIpc) is 2.97. The van der Waals surface area contributed by atoms with Gasteiger partial charge >= 0.3 is 0 Å². The number of imidazole rings is 1. The molecule has 2 heterocycles. The summed E-state index contributed by atoms with van der Waals surface area (Å²) >= 11 is 0. The lowest BCUT2D eigenvalue weighted by Crippen LogP contribution is -2.11. The third-order valence-electron chi connectivity index (χ3n) is 3.81. The molecular weight excluding hydrogens is 224 g/mol. The van der Waals surface area contributed by atoms with Gasteiger partial charge in [-0.15, -0.1) is 0 Å². The van der Waals surface area contributed by atoms with Gasteiger partial charge < -0.3 is 14.9 Å². The highest BCUT2D eigenvalue weighted by Crippen LogP contribution is 2.39. The maximum absolute atomic E-state index is 6.20. The standard InChI is InChI=1S/C14H20N4/c1-11-16-5-7-18(11)9-8-17-6-4-13(10-17)14(15)12-2-3-12/h4-7,10,12,14H,2-3,8-9,15H2,1H3. The van der Waals surface area contributed by atoms with E-state index in [1.165, 1.54) is 18.4 Å². The summed E-state index contributed by atoms with van der Waals surface area (Å²) in [4.78, 5) is 4.23. The number of hydrogen-bond donors (Lipinski definition) is 1. The van der Waals surface area contributed by atoms with Crippen LogP contribution < -0.4 is 5.73 Å². The van der Waals surface area contributed by atoms with E-state index in [0.29, 0.717) is 0 Å². The van der Waals surface area contributed by atoms with Crippen molar-refractivity contribution in [3.05, 3.63) is 42.2 Å². The smallest absolute Gasteiger partial charge is 0.105 e. The topological polar surface area (TPSA) is 48.8 Å². The molecule has 96 valence electrons. The fraction of sp³-hybridized carbons (Fsp3) is 0.500. The summed E-state index contributed by atoms with van der Waals surface area (Å²) in [6.45, 7) is 3.96. The van der Waals surface area contributed by atoms with Crippen LogP contribution in [0.5, 0.6) is 0 Å². The third-order valence-corrected chi connectivity index (χ3v) is 3.81. The highest BCUT2D eigenvalue weighted by Gasteiger charge is 2.29. The van der Waals surface area contributed by atoms with E-state index in [1.807, 2.05) is 19.3 Å². The third kappa shape index (κ3) is 2.34. The van der Waals surface area contributed by atoms with Gasteiger partial charge in [0.25, 0.3) is 0 Å². The van der Waals surface area contributed by atoms with Crippen LogP contribution in [0.4, 0.5) is 0 Å². The molecule has 2 aromatic rings. The van der Waals surface area contributed by atoms with Crippen molar-refractivity contribution >= 4 is 0 Å². The highest BCUT2D eigenvalue weighted by molar-refractivity contribution is 5.17. The maximum Gasteiger partial charge on any atom is 0.105 e. The largest absolute Gasteiger partial charge is 0.352 e. The summed E-state index contributed by atoms with van der Waals surface area (Å²) in [5.41, 5.74) is 7.48. The Balaban J connectivity index is 1.61. The Morgan fingerprint density at radius 2 is 2.22 bits per heavy atom. The summed E-state index contributed by atoms with van der Waals surface area (Å²) < 4.78 is 4.39. The van der Waals surface area contributed by atoms with Gasteiger partial charge in [-0.2, -0.15) is 0 Å². The number of nitrogens with zero attached hydrogens (tertiary/aromatic N) is 3. The predicted octanol–water partition coefficient (Wildman–Crippen LogP) is 2.10. The minimum atomic E-state index is 0.237. The van der Waals surface area contributed by atoms with E-state index in [4.69, 9.17) is 5.73 Å². The Hall–Kier alpha value is -1.55. The van der Waals surface area contributed by atoms with Gasteiger partial charge in [0.05, 0.1) is 0 Å². The fourth-order valence-electron chi connectivity index (χ4n) is 2.39. The Labute approximate surface area is 107 Å². The zero-order valence-electron chi connectivity index (χ0n) is 10.8. The van der Waals surface area contributed by atoms with E-state index < -0.39 is 0 Å². The molecule has 3 rings (SSSR count). The summed E-state index contributed by atoms with van der Waals surface area (Å²) in [6.07, 6.45) is 10.8. The molecule has 1 atom stereocenters. The number of aryl methyl sites for hydroxylation is 3. The van der Waals surface area contributed by atoms with Crippen LogP contribution in [0, 0.1) is 12.8 Å². The molecule has 1 unspecified atom stereocenters. The van der Waals surface area contributed by atoms with Gasteiger partial charge in [-0.05, 0) is 37.3 Å². The van der Waals surface area contributed by atoms with Crippen molar-refractivity contribution in [2.24, 2.45) is 11.7 Å². The van der Waals surface area contributed by atoms with Crippen LogP contribution in [0.25, 0.3) is 0 Å². The first-order valence-corrected chi connectivity index (χ1v) is 6.63. The lowest BCUT2D eigenvalue weighted by molar-refractivity contribution is 0.565. The lowest BCUT2D eigenvalue weighted by atomic mass is 10.1. The van der Waals surface area contributed by atoms with Crippen molar-refractivity contribution in [2.75, 3.05) is 0 Å². The first kappa shape index (κ1) is 11.5. The van der Waals surface area contributed by atoms with Crippen LogP contribution in [0.2, 0.25) is 0 Å². The van der Waals surface area contributed by atoms with Gasteiger partial charge in [0.1, 0.15) is 5.82 Å². The molecule has 0 saturated heterocycles. The van der Waals surface area contributed by atoms with Crippen molar-refractivity contribution in [1.82, 2.24) is 14.1 Å². The number of nitrogens with two attached hydrogens (primary N) is 1. The second-order valence-corrected chi connectivity index (χ2v) is 5.21. The molecule has 18 heavy (non-hydrogen) atoms. The van der Waals surface area contributed by atoms with E-state index in [9.17, 15) is 0 Å². The number of aromatic nitrogens is 3. The van der Waals surface area contributed by atoms with Gasteiger partial charge in [-0.3, -0.25) is 0 Å². The lowest BCUT2D eigenvalue weighted by Gasteiger charge is -2.08. The van der Waals surface area contributed by atoms with Gasteiger partial charge in [-0.25, -0.2) is 4.98 Å². The minimum absolute atomic E-state index is 0.237. The second kappa shape index (κ2) is 4.61. The molecule has 0 spiro atoms. The molecule has 4 nitrogen and oxygen atoms in total. The van der Waals surface area contributed by atoms with Crippen LogP contribution in [0.3, 0.4) is 0 Å². The monoisotopic (exact) mass is 244 g/mol. The molecule has 0 aliphatic heterocycles. The average molecular weight is 244 g/mol. The molecule has 4 heteroatoms. The molecule has 1 saturated carbocycles. The van der Waals surface area contributed by atoms with Gasteiger partial charge in [-0.1, -0.05) is 0 Å². The Bertz CT molecular complexity index is 521. The van der Waals surface area contributed by atoms with Crippen LogP contribution >= 0.6 is 0 Å². The quantitative estimate of drug-likeness (QED) is 0.875. The molecule has 2 aromatic heterocycles. The summed E-state index contributed by atoms with van der Waals surface area (Å²) in [5.74, 6) is 1.79. The summed E-state index contributed by atoms with van der Waals surface area (Å²) in [5, 5.41) is 0. The number of rotatable bonds is 5. The summed E-state index contributed by atoms with van der Waals surface area (Å²) in [7, 11) is 0. The molecule has 1 aliphatic carbocycles.